The molecule has 0 aromatic heterocycles. The second-order valence-corrected chi connectivity index (χ2v) is 8.72. The van der Waals surface area contributed by atoms with Gasteiger partial charge in [0, 0.05) is 24.8 Å². The maximum atomic E-state index is 12.7. The van der Waals surface area contributed by atoms with Gasteiger partial charge in [0.25, 0.3) is 5.91 Å². The van der Waals surface area contributed by atoms with E-state index in [1.807, 2.05) is 0 Å². The molecule has 0 aliphatic carbocycles. The summed E-state index contributed by atoms with van der Waals surface area (Å²) in [5.74, 6) is 1.31. The molecule has 2 heterocycles. The van der Waals surface area contributed by atoms with Crippen LogP contribution in [0.1, 0.15) is 12.8 Å². The van der Waals surface area contributed by atoms with E-state index >= 15 is 0 Å². The number of fused-ring (bicyclic) bond motifs is 1. The predicted molar refractivity (Wildman–Crippen MR) is 106 cm³/mol. The van der Waals surface area contributed by atoms with E-state index < -0.39 is 15.9 Å². The lowest BCUT2D eigenvalue weighted by atomic mass is 10.3. The van der Waals surface area contributed by atoms with Crippen molar-refractivity contribution >= 4 is 21.6 Å². The lowest BCUT2D eigenvalue weighted by Crippen LogP contribution is -2.28. The van der Waals surface area contributed by atoms with Gasteiger partial charge in [-0.15, -0.1) is 0 Å². The van der Waals surface area contributed by atoms with Gasteiger partial charge < -0.3 is 19.5 Å². The molecule has 2 aromatic carbocycles. The van der Waals surface area contributed by atoms with Crippen molar-refractivity contribution in [3.63, 3.8) is 0 Å². The Labute approximate surface area is 169 Å². The fourth-order valence-electron chi connectivity index (χ4n) is 3.27. The van der Waals surface area contributed by atoms with Crippen LogP contribution in [0, 0.1) is 0 Å². The molecule has 0 radical (unpaired) electrons. The lowest BCUT2D eigenvalue weighted by molar-refractivity contribution is -0.118. The molecule has 8 nitrogen and oxygen atoms in total. The van der Waals surface area contributed by atoms with Crippen LogP contribution < -0.4 is 19.5 Å². The molecule has 1 amide bonds. The van der Waals surface area contributed by atoms with Crippen molar-refractivity contribution in [3.8, 4) is 17.2 Å². The maximum Gasteiger partial charge on any atom is 0.262 e. The first-order valence-electron chi connectivity index (χ1n) is 9.45. The minimum Gasteiger partial charge on any atom is -0.486 e. The van der Waals surface area contributed by atoms with Gasteiger partial charge in [0.2, 0.25) is 10.0 Å². The second kappa shape index (κ2) is 8.30. The van der Waals surface area contributed by atoms with Crippen molar-refractivity contribution < 1.29 is 27.4 Å². The number of hydrogen-bond donors (Lipinski definition) is 1. The Hall–Kier alpha value is -2.78. The monoisotopic (exact) mass is 418 g/mol. The number of ether oxygens (including phenoxy) is 3. The molecule has 0 saturated carbocycles. The van der Waals surface area contributed by atoms with Crippen LogP contribution in [0.5, 0.6) is 17.2 Å². The largest absolute Gasteiger partial charge is 0.486 e. The second-order valence-electron chi connectivity index (χ2n) is 6.78. The number of hydrogen-bond acceptors (Lipinski definition) is 6. The molecule has 29 heavy (non-hydrogen) atoms. The molecule has 1 N–H and O–H groups in total. The summed E-state index contributed by atoms with van der Waals surface area (Å²) in [6, 6.07) is 11.4. The number of sulfonamides is 1. The average molecular weight is 418 g/mol. The van der Waals surface area contributed by atoms with E-state index in [2.05, 4.69) is 5.32 Å². The fourth-order valence-corrected chi connectivity index (χ4v) is 4.83. The van der Waals surface area contributed by atoms with Gasteiger partial charge in [-0.05, 0) is 43.2 Å². The Balaban J connectivity index is 1.37. The number of benzene rings is 2. The van der Waals surface area contributed by atoms with Gasteiger partial charge in [0.05, 0.1) is 4.90 Å². The molecule has 1 saturated heterocycles. The summed E-state index contributed by atoms with van der Waals surface area (Å²) in [6.07, 6.45) is 1.74. The SMILES string of the molecule is O=C(COc1ccc2c(c1)OCCO2)Nc1cccc(S(=O)(=O)N2CCCC2)c1. The van der Waals surface area contributed by atoms with Crippen molar-refractivity contribution in [1.29, 1.82) is 0 Å². The molecule has 0 unspecified atom stereocenters. The van der Waals surface area contributed by atoms with Gasteiger partial charge in [-0.25, -0.2) is 8.42 Å². The molecule has 9 heteroatoms. The maximum absolute atomic E-state index is 12.7. The number of carbonyl (C=O) groups is 1. The Morgan fingerprint density at radius 1 is 1.03 bits per heavy atom. The van der Waals surface area contributed by atoms with Crippen LogP contribution in [0.25, 0.3) is 0 Å². The molecule has 2 aromatic rings. The van der Waals surface area contributed by atoms with Crippen LogP contribution in [0.4, 0.5) is 5.69 Å². The Morgan fingerprint density at radius 3 is 2.59 bits per heavy atom. The summed E-state index contributed by atoms with van der Waals surface area (Å²) in [5.41, 5.74) is 0.404. The molecule has 1 fully saturated rings. The number of carbonyl (C=O) groups excluding carboxylic acids is 1. The van der Waals surface area contributed by atoms with Crippen molar-refractivity contribution in [2.75, 3.05) is 38.2 Å². The van der Waals surface area contributed by atoms with Gasteiger partial charge in [0.1, 0.15) is 19.0 Å². The highest BCUT2D eigenvalue weighted by Crippen LogP contribution is 2.33. The number of nitrogens with one attached hydrogen (secondary N) is 1. The topological polar surface area (TPSA) is 94.2 Å². The molecule has 0 spiro atoms. The molecule has 2 aliphatic rings. The van der Waals surface area contributed by atoms with Crippen molar-refractivity contribution in [3.05, 3.63) is 42.5 Å². The molecule has 0 bridgehead atoms. The number of anilines is 1. The van der Waals surface area contributed by atoms with Crippen molar-refractivity contribution in [2.45, 2.75) is 17.7 Å². The van der Waals surface area contributed by atoms with Crippen molar-refractivity contribution in [1.82, 2.24) is 4.31 Å². The summed E-state index contributed by atoms with van der Waals surface area (Å²) >= 11 is 0. The average Bonchev–Trinajstić information content (AvgIpc) is 3.28. The molecule has 4 rings (SSSR count). The summed E-state index contributed by atoms with van der Waals surface area (Å²) in [7, 11) is -3.54. The highest BCUT2D eigenvalue weighted by atomic mass is 32.2. The number of amides is 1. The van der Waals surface area contributed by atoms with Gasteiger partial charge >= 0.3 is 0 Å². The summed E-state index contributed by atoms with van der Waals surface area (Å²) in [5, 5.41) is 2.67. The quantitative estimate of drug-likeness (QED) is 0.773. The predicted octanol–water partition coefficient (Wildman–Crippen LogP) is 2.26. The van der Waals surface area contributed by atoms with Crippen molar-refractivity contribution in [2.24, 2.45) is 0 Å². The Morgan fingerprint density at radius 2 is 1.79 bits per heavy atom. The Bertz CT molecular complexity index is 1000. The lowest BCUT2D eigenvalue weighted by Gasteiger charge is -2.19. The number of nitrogens with zero attached hydrogens (tertiary/aromatic N) is 1. The van der Waals surface area contributed by atoms with E-state index in [-0.39, 0.29) is 11.5 Å². The van der Waals surface area contributed by atoms with E-state index in [1.54, 1.807) is 30.3 Å². The van der Waals surface area contributed by atoms with Crippen LogP contribution in [-0.4, -0.2) is 51.5 Å². The molecular weight excluding hydrogens is 396 g/mol. The molecule has 2 aliphatic heterocycles. The first-order chi connectivity index (χ1) is 14.0. The molecule has 154 valence electrons. The minimum absolute atomic E-state index is 0.171. The van der Waals surface area contributed by atoms with E-state index in [9.17, 15) is 13.2 Å². The third-order valence-electron chi connectivity index (χ3n) is 4.70. The van der Waals surface area contributed by atoms with Crippen LogP contribution in [-0.2, 0) is 14.8 Å². The molecular formula is C20H22N2O6S. The van der Waals surface area contributed by atoms with E-state index in [1.165, 1.54) is 16.4 Å². The standard InChI is InChI=1S/C20H22N2O6S/c23-20(14-28-16-6-7-18-19(13-16)27-11-10-26-18)21-15-4-3-5-17(12-15)29(24,25)22-8-1-2-9-22/h3-7,12-13H,1-2,8-11,14H2,(H,21,23). The van der Waals surface area contributed by atoms with Crippen LogP contribution in [0.15, 0.2) is 47.4 Å². The van der Waals surface area contributed by atoms with Gasteiger partial charge in [-0.2, -0.15) is 4.31 Å². The van der Waals surface area contributed by atoms with Gasteiger partial charge in [-0.3, -0.25) is 4.79 Å². The highest BCUT2D eigenvalue weighted by molar-refractivity contribution is 7.89. The zero-order valence-electron chi connectivity index (χ0n) is 15.8. The third kappa shape index (κ3) is 4.46. The zero-order chi connectivity index (χ0) is 20.3. The van der Waals surface area contributed by atoms with Gasteiger partial charge in [0.15, 0.2) is 18.1 Å². The first kappa shape index (κ1) is 19.5. The van der Waals surface area contributed by atoms with E-state index in [0.717, 1.165) is 12.8 Å². The van der Waals surface area contributed by atoms with Crippen LogP contribution >= 0.6 is 0 Å². The normalized spacial score (nSPS) is 16.4. The summed E-state index contributed by atoms with van der Waals surface area (Å²) < 4.78 is 43.2. The van der Waals surface area contributed by atoms with Crippen LogP contribution in [0.3, 0.4) is 0 Å². The Kier molecular flexibility index (Phi) is 5.59. The minimum atomic E-state index is -3.54. The zero-order valence-corrected chi connectivity index (χ0v) is 16.6. The third-order valence-corrected chi connectivity index (χ3v) is 6.60. The first-order valence-corrected chi connectivity index (χ1v) is 10.9. The molecule has 0 atom stereocenters. The summed E-state index contributed by atoms with van der Waals surface area (Å²) in [6.45, 7) is 1.81. The smallest absolute Gasteiger partial charge is 0.262 e. The fraction of sp³-hybridized carbons (Fsp3) is 0.350. The van der Waals surface area contributed by atoms with Gasteiger partial charge in [-0.1, -0.05) is 6.07 Å². The number of rotatable bonds is 6. The van der Waals surface area contributed by atoms with E-state index in [4.69, 9.17) is 14.2 Å². The highest BCUT2D eigenvalue weighted by Gasteiger charge is 2.27. The summed E-state index contributed by atoms with van der Waals surface area (Å²) in [4.78, 5) is 12.4. The van der Waals surface area contributed by atoms with E-state index in [0.29, 0.717) is 49.2 Å². The van der Waals surface area contributed by atoms with Crippen LogP contribution in [0.2, 0.25) is 0 Å².